The van der Waals surface area contributed by atoms with Crippen LogP contribution in [0.3, 0.4) is 0 Å². The normalized spacial score (nSPS) is 19.4. The number of nitrogens with two attached hydrogens (primary N) is 1. The van der Waals surface area contributed by atoms with Gasteiger partial charge in [0, 0.05) is 43.3 Å². The lowest BCUT2D eigenvalue weighted by Gasteiger charge is -2.33. The molecule has 10 heteroatoms. The maximum atomic E-state index is 13.0. The van der Waals surface area contributed by atoms with Crippen molar-refractivity contribution in [2.45, 2.75) is 31.1 Å². The molecule has 3 N–H and O–H groups in total. The zero-order valence-electron chi connectivity index (χ0n) is 18.9. The summed E-state index contributed by atoms with van der Waals surface area (Å²) in [5.74, 6) is -0.893. The predicted molar refractivity (Wildman–Crippen MR) is 127 cm³/mol. The first-order chi connectivity index (χ1) is 16.1. The van der Waals surface area contributed by atoms with Crippen molar-refractivity contribution < 1.29 is 22.8 Å². The van der Waals surface area contributed by atoms with Gasteiger partial charge in [0.1, 0.15) is 0 Å². The second kappa shape index (κ2) is 9.55. The van der Waals surface area contributed by atoms with Gasteiger partial charge in [-0.05, 0) is 56.2 Å². The zero-order chi connectivity index (χ0) is 24.5. The highest BCUT2D eigenvalue weighted by molar-refractivity contribution is 7.89. The van der Waals surface area contributed by atoms with Gasteiger partial charge in [-0.2, -0.15) is 0 Å². The zero-order valence-corrected chi connectivity index (χ0v) is 19.8. The van der Waals surface area contributed by atoms with Gasteiger partial charge in [0.05, 0.1) is 10.8 Å². The van der Waals surface area contributed by atoms with Crippen molar-refractivity contribution in [3.05, 3.63) is 54.1 Å². The number of benzene rings is 2. The SMILES string of the molecule is Cc1ccc(N2C[C@@H](C(=O)N3CCC(C(=O)Nc4ccc(S(N)(=O)=O)cc4)CC3)CC2=O)cc1. The van der Waals surface area contributed by atoms with E-state index in [-0.39, 0.29) is 40.9 Å². The molecule has 0 aliphatic carbocycles. The van der Waals surface area contributed by atoms with E-state index >= 15 is 0 Å². The van der Waals surface area contributed by atoms with Gasteiger partial charge < -0.3 is 15.1 Å². The van der Waals surface area contributed by atoms with Gasteiger partial charge in [-0.15, -0.1) is 0 Å². The molecular formula is C24H28N4O5S. The number of hydrogen-bond acceptors (Lipinski definition) is 5. The fourth-order valence-electron chi connectivity index (χ4n) is 4.44. The number of rotatable bonds is 5. The predicted octanol–water partition coefficient (Wildman–Crippen LogP) is 1.87. The van der Waals surface area contributed by atoms with E-state index in [2.05, 4.69) is 5.32 Å². The second-order valence-corrected chi connectivity index (χ2v) is 10.5. The van der Waals surface area contributed by atoms with Crippen LogP contribution in [0.1, 0.15) is 24.8 Å². The highest BCUT2D eigenvalue weighted by Crippen LogP contribution is 2.28. The number of anilines is 2. The largest absolute Gasteiger partial charge is 0.342 e. The molecule has 1 atom stereocenters. The average Bonchev–Trinajstić information content (AvgIpc) is 3.20. The number of likely N-dealkylation sites (tertiary alicyclic amines) is 1. The molecule has 0 radical (unpaired) electrons. The Morgan fingerprint density at radius 1 is 0.971 bits per heavy atom. The molecule has 0 saturated carbocycles. The summed E-state index contributed by atoms with van der Waals surface area (Å²) in [5, 5.41) is 7.88. The van der Waals surface area contributed by atoms with Crippen LogP contribution in [-0.4, -0.2) is 50.7 Å². The third-order valence-corrected chi connectivity index (χ3v) is 7.38. The number of piperidine rings is 1. The summed E-state index contributed by atoms with van der Waals surface area (Å²) < 4.78 is 22.7. The Labute approximate surface area is 199 Å². The molecule has 2 aromatic rings. The van der Waals surface area contributed by atoms with Gasteiger partial charge >= 0.3 is 0 Å². The first-order valence-corrected chi connectivity index (χ1v) is 12.8. The number of carbonyl (C=O) groups excluding carboxylic acids is 3. The summed E-state index contributed by atoms with van der Waals surface area (Å²) in [6.45, 7) is 3.26. The molecule has 2 aliphatic heterocycles. The van der Waals surface area contributed by atoms with E-state index in [1.165, 1.54) is 24.3 Å². The van der Waals surface area contributed by atoms with Crippen LogP contribution in [0.25, 0.3) is 0 Å². The molecule has 9 nitrogen and oxygen atoms in total. The number of amides is 3. The minimum Gasteiger partial charge on any atom is -0.342 e. The van der Waals surface area contributed by atoms with E-state index in [0.717, 1.165) is 11.3 Å². The average molecular weight is 485 g/mol. The van der Waals surface area contributed by atoms with Crippen molar-refractivity contribution >= 4 is 39.1 Å². The van der Waals surface area contributed by atoms with Gasteiger partial charge in [-0.25, -0.2) is 13.6 Å². The Morgan fingerprint density at radius 2 is 1.59 bits per heavy atom. The van der Waals surface area contributed by atoms with Gasteiger partial charge in [0.15, 0.2) is 0 Å². The van der Waals surface area contributed by atoms with E-state index in [9.17, 15) is 22.8 Å². The number of primary sulfonamides is 1. The highest BCUT2D eigenvalue weighted by Gasteiger charge is 2.38. The van der Waals surface area contributed by atoms with E-state index in [4.69, 9.17) is 5.14 Å². The van der Waals surface area contributed by atoms with Crippen LogP contribution >= 0.6 is 0 Å². The molecule has 0 unspecified atom stereocenters. The van der Waals surface area contributed by atoms with E-state index in [0.29, 0.717) is 38.2 Å². The van der Waals surface area contributed by atoms with Crippen LogP contribution in [-0.2, 0) is 24.4 Å². The van der Waals surface area contributed by atoms with Crippen LogP contribution in [0.15, 0.2) is 53.4 Å². The van der Waals surface area contributed by atoms with E-state index < -0.39 is 10.0 Å². The molecule has 2 saturated heterocycles. The first-order valence-electron chi connectivity index (χ1n) is 11.2. The second-order valence-electron chi connectivity index (χ2n) is 8.90. The standard InChI is InChI=1S/C24H28N4O5S/c1-16-2-6-20(7-3-16)28-15-18(14-22(28)29)24(31)27-12-10-17(11-13-27)23(30)26-19-4-8-21(9-5-19)34(25,32)33/h2-9,17-18H,10-15H2,1H3,(H,26,30)(H2,25,32,33)/t18-/m0/s1. The first kappa shape index (κ1) is 23.9. The molecule has 0 aromatic heterocycles. The lowest BCUT2D eigenvalue weighted by atomic mass is 9.94. The number of sulfonamides is 1. The Kier molecular flexibility index (Phi) is 6.72. The Balaban J connectivity index is 1.29. The Morgan fingerprint density at radius 3 is 2.18 bits per heavy atom. The quantitative estimate of drug-likeness (QED) is 0.669. The van der Waals surface area contributed by atoms with Crippen molar-refractivity contribution in [2.75, 3.05) is 29.9 Å². The minimum atomic E-state index is -3.79. The number of aryl methyl sites for hydroxylation is 1. The lowest BCUT2D eigenvalue weighted by Crippen LogP contribution is -2.44. The maximum absolute atomic E-state index is 13.0. The van der Waals surface area contributed by atoms with Crippen LogP contribution in [0.2, 0.25) is 0 Å². The van der Waals surface area contributed by atoms with Gasteiger partial charge in [-0.3, -0.25) is 14.4 Å². The van der Waals surface area contributed by atoms with Crippen LogP contribution in [0, 0.1) is 18.8 Å². The van der Waals surface area contributed by atoms with Crippen LogP contribution in [0.5, 0.6) is 0 Å². The van der Waals surface area contributed by atoms with Crippen molar-refractivity contribution in [3.8, 4) is 0 Å². The molecule has 4 rings (SSSR count). The lowest BCUT2D eigenvalue weighted by molar-refractivity contribution is -0.138. The summed E-state index contributed by atoms with van der Waals surface area (Å²) >= 11 is 0. The molecule has 3 amide bonds. The molecular weight excluding hydrogens is 456 g/mol. The molecule has 2 heterocycles. The van der Waals surface area contributed by atoms with Gasteiger partial charge in [0.25, 0.3) is 0 Å². The molecule has 0 bridgehead atoms. The van der Waals surface area contributed by atoms with Crippen LogP contribution < -0.4 is 15.4 Å². The summed E-state index contributed by atoms with van der Waals surface area (Å²) in [6.07, 6.45) is 1.24. The number of nitrogens with zero attached hydrogens (tertiary/aromatic N) is 2. The van der Waals surface area contributed by atoms with Crippen LogP contribution in [0.4, 0.5) is 11.4 Å². The number of hydrogen-bond donors (Lipinski definition) is 2. The molecule has 2 fully saturated rings. The van der Waals surface area contributed by atoms with Gasteiger partial charge in [0.2, 0.25) is 27.7 Å². The smallest absolute Gasteiger partial charge is 0.238 e. The highest BCUT2D eigenvalue weighted by atomic mass is 32.2. The van der Waals surface area contributed by atoms with Crippen molar-refractivity contribution in [1.29, 1.82) is 0 Å². The number of carbonyl (C=O) groups is 3. The Bertz CT molecular complexity index is 1190. The topological polar surface area (TPSA) is 130 Å². The summed E-state index contributed by atoms with van der Waals surface area (Å²) in [6, 6.07) is 13.4. The molecule has 2 aromatic carbocycles. The molecule has 180 valence electrons. The molecule has 2 aliphatic rings. The maximum Gasteiger partial charge on any atom is 0.238 e. The summed E-state index contributed by atoms with van der Waals surface area (Å²) in [5.41, 5.74) is 2.39. The van der Waals surface area contributed by atoms with Gasteiger partial charge in [-0.1, -0.05) is 17.7 Å². The number of nitrogens with one attached hydrogen (secondary N) is 1. The molecule has 0 spiro atoms. The monoisotopic (exact) mass is 484 g/mol. The van der Waals surface area contributed by atoms with Crippen molar-refractivity contribution in [3.63, 3.8) is 0 Å². The third kappa shape index (κ3) is 5.28. The molecule has 34 heavy (non-hydrogen) atoms. The minimum absolute atomic E-state index is 0.0244. The van der Waals surface area contributed by atoms with E-state index in [1.54, 1.807) is 9.80 Å². The van der Waals surface area contributed by atoms with Crippen molar-refractivity contribution in [2.24, 2.45) is 17.0 Å². The Hall–Kier alpha value is -3.24. The van der Waals surface area contributed by atoms with E-state index in [1.807, 2.05) is 31.2 Å². The summed E-state index contributed by atoms with van der Waals surface area (Å²) in [7, 11) is -3.79. The van der Waals surface area contributed by atoms with Crippen molar-refractivity contribution in [1.82, 2.24) is 4.90 Å². The summed E-state index contributed by atoms with van der Waals surface area (Å²) in [4.78, 5) is 41.6. The fourth-order valence-corrected chi connectivity index (χ4v) is 4.96. The third-order valence-electron chi connectivity index (χ3n) is 6.45. The fraction of sp³-hybridized carbons (Fsp3) is 0.375.